The molecule has 0 radical (unpaired) electrons. The maximum atomic E-state index is 13.1. The van der Waals surface area contributed by atoms with Crippen LogP contribution in [0.3, 0.4) is 0 Å². The summed E-state index contributed by atoms with van der Waals surface area (Å²) in [5.74, 6) is -1.79. The van der Waals surface area contributed by atoms with Gasteiger partial charge in [0.1, 0.15) is 0 Å². The van der Waals surface area contributed by atoms with E-state index in [2.05, 4.69) is 5.32 Å². The van der Waals surface area contributed by atoms with Gasteiger partial charge in [-0.05, 0) is 36.4 Å². The molecule has 0 spiro atoms. The molecular formula is C17H18F2N2O3S2. The van der Waals surface area contributed by atoms with E-state index in [4.69, 9.17) is 0 Å². The maximum absolute atomic E-state index is 13.1. The van der Waals surface area contributed by atoms with Crippen molar-refractivity contribution in [2.24, 2.45) is 0 Å². The van der Waals surface area contributed by atoms with Crippen LogP contribution in [0, 0.1) is 11.6 Å². The molecule has 5 nitrogen and oxygen atoms in total. The Morgan fingerprint density at radius 1 is 1.12 bits per heavy atom. The summed E-state index contributed by atoms with van der Waals surface area (Å²) in [6.07, 6.45) is 0.133. The second-order valence-electron chi connectivity index (χ2n) is 5.54. The monoisotopic (exact) mass is 400 g/mol. The Kier molecular flexibility index (Phi) is 6.74. The molecule has 9 heteroatoms. The summed E-state index contributed by atoms with van der Waals surface area (Å²) < 4.78 is 51.3. The molecule has 1 amide bonds. The summed E-state index contributed by atoms with van der Waals surface area (Å²) in [7, 11) is -0.731. The number of nitrogens with one attached hydrogen (secondary N) is 1. The molecule has 26 heavy (non-hydrogen) atoms. The van der Waals surface area contributed by atoms with Crippen LogP contribution in [0.1, 0.15) is 6.42 Å². The van der Waals surface area contributed by atoms with Gasteiger partial charge in [0, 0.05) is 36.9 Å². The van der Waals surface area contributed by atoms with Crippen LogP contribution in [0.15, 0.2) is 52.3 Å². The molecule has 1 N–H and O–H groups in total. The van der Waals surface area contributed by atoms with Crippen molar-refractivity contribution in [2.75, 3.05) is 25.2 Å². The number of rotatable bonds is 7. The fraction of sp³-hybridized carbons (Fsp3) is 0.235. The Morgan fingerprint density at radius 2 is 1.85 bits per heavy atom. The third-order valence-electron chi connectivity index (χ3n) is 3.39. The van der Waals surface area contributed by atoms with Crippen molar-refractivity contribution in [1.29, 1.82) is 0 Å². The highest BCUT2D eigenvalue weighted by Crippen LogP contribution is 2.22. The molecule has 0 saturated heterocycles. The number of carbonyl (C=O) groups excluding carboxylic acids is 1. The van der Waals surface area contributed by atoms with Crippen molar-refractivity contribution in [2.45, 2.75) is 16.2 Å². The standard InChI is InChI=1S/C17H18F2N2O3S2/c1-21(2)26(23,24)14-5-3-4-12(10-14)20-17(22)8-9-25-13-6-7-15(18)16(19)11-13/h3-7,10-11H,8-9H2,1-2H3,(H,20,22). The van der Waals surface area contributed by atoms with Crippen molar-refractivity contribution < 1.29 is 22.0 Å². The van der Waals surface area contributed by atoms with Gasteiger partial charge in [0.05, 0.1) is 4.90 Å². The van der Waals surface area contributed by atoms with Gasteiger partial charge in [0.25, 0.3) is 0 Å². The van der Waals surface area contributed by atoms with E-state index in [0.29, 0.717) is 16.3 Å². The van der Waals surface area contributed by atoms with Crippen LogP contribution >= 0.6 is 11.8 Å². The van der Waals surface area contributed by atoms with Gasteiger partial charge in [0.2, 0.25) is 15.9 Å². The molecule has 0 aliphatic rings. The number of amides is 1. The topological polar surface area (TPSA) is 66.5 Å². The molecule has 0 unspecified atom stereocenters. The Balaban J connectivity index is 1.93. The molecule has 140 valence electrons. The normalized spacial score (nSPS) is 11.6. The summed E-state index contributed by atoms with van der Waals surface area (Å²) in [6, 6.07) is 9.52. The molecule has 0 heterocycles. The Hall–Kier alpha value is -1.97. The highest BCUT2D eigenvalue weighted by molar-refractivity contribution is 7.99. The number of carbonyl (C=O) groups is 1. The van der Waals surface area contributed by atoms with E-state index in [1.54, 1.807) is 12.1 Å². The minimum atomic E-state index is -3.58. The molecule has 0 aliphatic heterocycles. The second-order valence-corrected chi connectivity index (χ2v) is 8.86. The van der Waals surface area contributed by atoms with Crippen LogP contribution in [-0.4, -0.2) is 38.5 Å². The first-order valence-electron chi connectivity index (χ1n) is 7.60. The minimum absolute atomic E-state index is 0.0801. The van der Waals surface area contributed by atoms with Crippen molar-refractivity contribution >= 4 is 33.4 Å². The molecule has 0 saturated carbocycles. The van der Waals surface area contributed by atoms with Gasteiger partial charge in [-0.1, -0.05) is 6.07 Å². The van der Waals surface area contributed by atoms with Crippen LogP contribution in [0.4, 0.5) is 14.5 Å². The van der Waals surface area contributed by atoms with Gasteiger partial charge >= 0.3 is 0 Å². The first-order chi connectivity index (χ1) is 12.2. The summed E-state index contributed by atoms with van der Waals surface area (Å²) in [4.78, 5) is 12.6. The van der Waals surface area contributed by atoms with Crippen molar-refractivity contribution in [1.82, 2.24) is 4.31 Å². The third kappa shape index (κ3) is 5.26. The largest absolute Gasteiger partial charge is 0.326 e. The first kappa shape index (κ1) is 20.3. The van der Waals surface area contributed by atoms with Crippen LogP contribution in [0.5, 0.6) is 0 Å². The van der Waals surface area contributed by atoms with Crippen molar-refractivity contribution in [3.8, 4) is 0 Å². The molecule has 2 rings (SSSR count). The number of hydrogen-bond donors (Lipinski definition) is 1. The highest BCUT2D eigenvalue weighted by atomic mass is 32.2. The zero-order valence-electron chi connectivity index (χ0n) is 14.2. The average molecular weight is 400 g/mol. The van der Waals surface area contributed by atoms with Crippen LogP contribution in [-0.2, 0) is 14.8 Å². The first-order valence-corrected chi connectivity index (χ1v) is 10.0. The predicted molar refractivity (Wildman–Crippen MR) is 97.6 cm³/mol. The zero-order valence-corrected chi connectivity index (χ0v) is 15.8. The Morgan fingerprint density at radius 3 is 2.50 bits per heavy atom. The van der Waals surface area contributed by atoms with Gasteiger partial charge in [-0.2, -0.15) is 0 Å². The lowest BCUT2D eigenvalue weighted by Gasteiger charge is -2.12. The van der Waals surface area contributed by atoms with Gasteiger partial charge in [-0.3, -0.25) is 4.79 Å². The van der Waals surface area contributed by atoms with E-state index in [0.717, 1.165) is 16.4 Å². The number of hydrogen-bond acceptors (Lipinski definition) is 4. The second kappa shape index (κ2) is 8.61. The number of sulfonamides is 1. The maximum Gasteiger partial charge on any atom is 0.242 e. The van der Waals surface area contributed by atoms with E-state index < -0.39 is 21.7 Å². The smallest absolute Gasteiger partial charge is 0.242 e. The van der Waals surface area contributed by atoms with Gasteiger partial charge in [-0.25, -0.2) is 21.5 Å². The molecule has 0 aromatic heterocycles. The predicted octanol–water partition coefficient (Wildman–Crippen LogP) is 3.34. The van der Waals surface area contributed by atoms with E-state index in [9.17, 15) is 22.0 Å². The van der Waals surface area contributed by atoms with Gasteiger partial charge < -0.3 is 5.32 Å². The fourth-order valence-electron chi connectivity index (χ4n) is 2.00. The summed E-state index contributed by atoms with van der Waals surface area (Å²) in [5, 5.41) is 2.63. The highest BCUT2D eigenvalue weighted by Gasteiger charge is 2.17. The van der Waals surface area contributed by atoms with E-state index in [-0.39, 0.29) is 17.2 Å². The summed E-state index contributed by atoms with van der Waals surface area (Å²) in [6.45, 7) is 0. The number of thioether (sulfide) groups is 1. The van der Waals surface area contributed by atoms with Crippen LogP contribution in [0.25, 0.3) is 0 Å². The number of halogens is 2. The fourth-order valence-corrected chi connectivity index (χ4v) is 3.82. The molecule has 2 aromatic carbocycles. The third-order valence-corrected chi connectivity index (χ3v) is 6.19. The van der Waals surface area contributed by atoms with E-state index in [1.165, 1.54) is 44.1 Å². The van der Waals surface area contributed by atoms with E-state index in [1.807, 2.05) is 0 Å². The van der Waals surface area contributed by atoms with Crippen LogP contribution in [0.2, 0.25) is 0 Å². The molecule has 2 aromatic rings. The molecule has 0 fully saturated rings. The van der Waals surface area contributed by atoms with Crippen molar-refractivity contribution in [3.05, 3.63) is 54.1 Å². The zero-order chi connectivity index (χ0) is 19.3. The molecule has 0 atom stereocenters. The summed E-state index contributed by atoms with van der Waals surface area (Å²) >= 11 is 1.22. The lowest BCUT2D eigenvalue weighted by atomic mass is 10.3. The average Bonchev–Trinajstić information content (AvgIpc) is 2.58. The van der Waals surface area contributed by atoms with Gasteiger partial charge in [0.15, 0.2) is 11.6 Å². The molecule has 0 bridgehead atoms. The number of nitrogens with zero attached hydrogens (tertiary/aromatic N) is 1. The lowest BCUT2D eigenvalue weighted by Crippen LogP contribution is -2.22. The Labute approximate surface area is 155 Å². The number of benzene rings is 2. The Bertz CT molecular complexity index is 903. The van der Waals surface area contributed by atoms with Crippen molar-refractivity contribution in [3.63, 3.8) is 0 Å². The lowest BCUT2D eigenvalue weighted by molar-refractivity contribution is -0.115. The van der Waals surface area contributed by atoms with E-state index >= 15 is 0 Å². The quantitative estimate of drug-likeness (QED) is 0.724. The summed E-state index contributed by atoms with van der Waals surface area (Å²) in [5.41, 5.74) is 0.371. The van der Waals surface area contributed by atoms with Crippen LogP contribution < -0.4 is 5.32 Å². The number of anilines is 1. The SMILES string of the molecule is CN(C)S(=O)(=O)c1cccc(NC(=O)CCSc2ccc(F)c(F)c2)c1. The molecule has 0 aliphatic carbocycles. The minimum Gasteiger partial charge on any atom is -0.326 e. The van der Waals surface area contributed by atoms with Gasteiger partial charge in [-0.15, -0.1) is 11.8 Å². The molecular weight excluding hydrogens is 382 g/mol.